The smallest absolute Gasteiger partial charge is 0.126 e. The van der Waals surface area contributed by atoms with E-state index in [0.717, 1.165) is 35.5 Å². The molecule has 4 nitrogen and oxygen atoms in total. The Morgan fingerprint density at radius 1 is 1.50 bits per heavy atom. The summed E-state index contributed by atoms with van der Waals surface area (Å²) in [6.07, 6.45) is 2.02. The first kappa shape index (κ1) is 15.8. The largest absolute Gasteiger partial charge is 0.387 e. The molecule has 1 heterocycles. The second-order valence-electron chi connectivity index (χ2n) is 6.21. The molecule has 0 amide bonds. The van der Waals surface area contributed by atoms with Crippen molar-refractivity contribution in [3.05, 3.63) is 30.1 Å². The van der Waals surface area contributed by atoms with Crippen LogP contribution >= 0.6 is 11.8 Å². The molecular weight excluding hydrogens is 294 g/mol. The van der Waals surface area contributed by atoms with E-state index in [0.29, 0.717) is 11.8 Å². The van der Waals surface area contributed by atoms with Crippen LogP contribution in [0.15, 0.2) is 24.3 Å². The molecular formula is C17H25N3OS. The van der Waals surface area contributed by atoms with Crippen LogP contribution in [0.1, 0.15) is 38.6 Å². The molecule has 0 saturated heterocycles. The molecule has 3 atom stereocenters. The monoisotopic (exact) mass is 319 g/mol. The van der Waals surface area contributed by atoms with Crippen molar-refractivity contribution in [2.24, 2.45) is 7.05 Å². The number of nitrogens with one attached hydrogen (secondary N) is 1. The average Bonchev–Trinajstić information content (AvgIpc) is 2.86. The van der Waals surface area contributed by atoms with Crippen molar-refractivity contribution < 1.29 is 5.11 Å². The molecule has 1 aromatic heterocycles. The molecule has 0 unspecified atom stereocenters. The summed E-state index contributed by atoms with van der Waals surface area (Å²) >= 11 is 1.87. The number of rotatable bonds is 6. The van der Waals surface area contributed by atoms with Gasteiger partial charge in [-0.3, -0.25) is 0 Å². The Hall–Kier alpha value is -1.04. The van der Waals surface area contributed by atoms with Gasteiger partial charge in [-0.25, -0.2) is 4.98 Å². The minimum Gasteiger partial charge on any atom is -0.387 e. The lowest BCUT2D eigenvalue weighted by atomic mass is 9.79. The lowest BCUT2D eigenvalue weighted by Crippen LogP contribution is -2.56. The summed E-state index contributed by atoms with van der Waals surface area (Å²) in [6.45, 7) is 4.90. The Kier molecular flexibility index (Phi) is 4.48. The van der Waals surface area contributed by atoms with E-state index < -0.39 is 5.60 Å². The molecule has 2 aromatic rings. The summed E-state index contributed by atoms with van der Waals surface area (Å²) in [7, 11) is 2.05. The van der Waals surface area contributed by atoms with Gasteiger partial charge in [0.25, 0.3) is 0 Å². The molecule has 22 heavy (non-hydrogen) atoms. The minimum absolute atomic E-state index is 0.120. The van der Waals surface area contributed by atoms with Gasteiger partial charge in [0.15, 0.2) is 0 Å². The Labute approximate surface area is 136 Å². The lowest BCUT2D eigenvalue weighted by molar-refractivity contribution is -0.0251. The number of fused-ring (bicyclic) bond motifs is 1. The van der Waals surface area contributed by atoms with E-state index in [1.165, 1.54) is 0 Å². The van der Waals surface area contributed by atoms with E-state index in [1.807, 2.05) is 30.0 Å². The molecule has 1 aliphatic carbocycles. The first-order valence-corrected chi connectivity index (χ1v) is 9.09. The first-order chi connectivity index (χ1) is 10.5. The molecule has 1 aromatic carbocycles. The van der Waals surface area contributed by atoms with Crippen LogP contribution in [-0.2, 0) is 7.05 Å². The van der Waals surface area contributed by atoms with Crippen molar-refractivity contribution in [1.29, 1.82) is 0 Å². The number of thioether (sulfide) groups is 1. The molecule has 120 valence electrons. The summed E-state index contributed by atoms with van der Waals surface area (Å²) in [5.41, 5.74) is 1.61. The van der Waals surface area contributed by atoms with Crippen LogP contribution in [0.3, 0.4) is 0 Å². The van der Waals surface area contributed by atoms with Crippen molar-refractivity contribution in [3.63, 3.8) is 0 Å². The third-order valence-electron chi connectivity index (χ3n) is 4.73. The zero-order valence-corrected chi connectivity index (χ0v) is 14.4. The van der Waals surface area contributed by atoms with Crippen LogP contribution in [-0.4, -0.2) is 37.8 Å². The molecule has 0 bridgehead atoms. The molecule has 3 rings (SSSR count). The van der Waals surface area contributed by atoms with E-state index in [9.17, 15) is 5.11 Å². The van der Waals surface area contributed by atoms with E-state index in [1.54, 1.807) is 0 Å². The van der Waals surface area contributed by atoms with Crippen LogP contribution in [0.5, 0.6) is 0 Å². The van der Waals surface area contributed by atoms with Gasteiger partial charge >= 0.3 is 0 Å². The lowest BCUT2D eigenvalue weighted by Gasteiger charge is -2.45. The van der Waals surface area contributed by atoms with Crippen molar-refractivity contribution in [2.45, 2.75) is 43.6 Å². The maximum atomic E-state index is 10.7. The fourth-order valence-corrected chi connectivity index (χ4v) is 4.41. The molecule has 1 aliphatic rings. The number of aliphatic hydroxyl groups is 1. The predicted molar refractivity (Wildman–Crippen MR) is 93.2 cm³/mol. The van der Waals surface area contributed by atoms with Gasteiger partial charge in [-0.05, 0) is 37.7 Å². The quantitative estimate of drug-likeness (QED) is 0.859. The van der Waals surface area contributed by atoms with Gasteiger partial charge in [-0.2, -0.15) is 11.8 Å². The Morgan fingerprint density at radius 3 is 2.91 bits per heavy atom. The third-order valence-corrected chi connectivity index (χ3v) is 6.14. The first-order valence-electron chi connectivity index (χ1n) is 8.04. The molecule has 0 aliphatic heterocycles. The van der Waals surface area contributed by atoms with Gasteiger partial charge in [0.05, 0.1) is 22.7 Å². The highest BCUT2D eigenvalue weighted by Gasteiger charge is 2.45. The number of nitrogens with zero attached hydrogens (tertiary/aromatic N) is 2. The van der Waals surface area contributed by atoms with E-state index >= 15 is 0 Å². The zero-order valence-electron chi connectivity index (χ0n) is 13.5. The number of imidazole rings is 1. The van der Waals surface area contributed by atoms with Gasteiger partial charge in [-0.15, -0.1) is 0 Å². The highest BCUT2D eigenvalue weighted by molar-refractivity contribution is 8.00. The standard InChI is InChI=1S/C17H25N3OS/c1-4-22-15-9-10-17(15,21)11-18-12(2)16-19-13-7-5-6-8-14(13)20(16)3/h5-8,12,15,18,21H,4,9-11H2,1-3H3/t12-,15-,17-/m1/s1. The SMILES string of the molecule is CCS[C@@H]1CC[C@@]1(O)CN[C@H](C)c1nc2ccccc2n1C. The molecule has 0 spiro atoms. The topological polar surface area (TPSA) is 50.1 Å². The Bertz CT molecular complexity index is 656. The van der Waals surface area contributed by atoms with Gasteiger partial charge in [0.1, 0.15) is 5.82 Å². The molecule has 1 saturated carbocycles. The second kappa shape index (κ2) is 6.22. The van der Waals surface area contributed by atoms with Crippen LogP contribution in [0, 0.1) is 0 Å². The normalized spacial score (nSPS) is 26.1. The highest BCUT2D eigenvalue weighted by atomic mass is 32.2. The van der Waals surface area contributed by atoms with Gasteiger partial charge < -0.3 is 15.0 Å². The number of para-hydroxylation sites is 2. The maximum Gasteiger partial charge on any atom is 0.126 e. The second-order valence-corrected chi connectivity index (χ2v) is 7.69. The zero-order chi connectivity index (χ0) is 15.7. The molecule has 2 N–H and O–H groups in total. The molecule has 1 fully saturated rings. The van der Waals surface area contributed by atoms with Crippen LogP contribution < -0.4 is 5.32 Å². The highest BCUT2D eigenvalue weighted by Crippen LogP contribution is 2.41. The fraction of sp³-hybridized carbons (Fsp3) is 0.588. The van der Waals surface area contributed by atoms with Gasteiger partial charge in [-0.1, -0.05) is 19.1 Å². The average molecular weight is 319 g/mol. The summed E-state index contributed by atoms with van der Waals surface area (Å²) in [5.74, 6) is 2.08. The van der Waals surface area contributed by atoms with Crippen molar-refractivity contribution in [1.82, 2.24) is 14.9 Å². The Balaban J connectivity index is 1.69. The summed E-state index contributed by atoms with van der Waals surface area (Å²) in [5, 5.41) is 14.6. The van der Waals surface area contributed by atoms with Crippen molar-refractivity contribution in [3.8, 4) is 0 Å². The summed E-state index contributed by atoms with van der Waals surface area (Å²) in [6, 6.07) is 8.30. The van der Waals surface area contributed by atoms with Crippen molar-refractivity contribution in [2.75, 3.05) is 12.3 Å². The van der Waals surface area contributed by atoms with Gasteiger partial charge in [0.2, 0.25) is 0 Å². The fourth-order valence-electron chi connectivity index (χ4n) is 3.21. The summed E-state index contributed by atoms with van der Waals surface area (Å²) < 4.78 is 2.14. The van der Waals surface area contributed by atoms with E-state index in [4.69, 9.17) is 4.98 Å². The number of aryl methyl sites for hydroxylation is 1. The predicted octanol–water partition coefficient (Wildman–Crippen LogP) is 2.87. The number of hydrogen-bond acceptors (Lipinski definition) is 4. The van der Waals surface area contributed by atoms with Crippen molar-refractivity contribution >= 4 is 22.8 Å². The summed E-state index contributed by atoms with van der Waals surface area (Å²) in [4.78, 5) is 4.73. The number of hydrogen-bond donors (Lipinski definition) is 2. The van der Waals surface area contributed by atoms with Gasteiger partial charge in [0, 0.05) is 18.8 Å². The van der Waals surface area contributed by atoms with E-state index in [-0.39, 0.29) is 6.04 Å². The van der Waals surface area contributed by atoms with Crippen LogP contribution in [0.2, 0.25) is 0 Å². The Morgan fingerprint density at radius 2 is 2.27 bits per heavy atom. The number of benzene rings is 1. The number of aromatic nitrogens is 2. The van der Waals surface area contributed by atoms with E-state index in [2.05, 4.69) is 36.8 Å². The molecule has 5 heteroatoms. The third kappa shape index (κ3) is 2.77. The van der Waals surface area contributed by atoms with Crippen LogP contribution in [0.4, 0.5) is 0 Å². The molecule has 0 radical (unpaired) electrons. The maximum absolute atomic E-state index is 10.7. The van der Waals surface area contributed by atoms with Crippen LogP contribution in [0.25, 0.3) is 11.0 Å². The minimum atomic E-state index is -0.556.